The molecule has 0 aliphatic heterocycles. The van der Waals surface area contributed by atoms with Gasteiger partial charge >= 0.3 is 0 Å². The van der Waals surface area contributed by atoms with Gasteiger partial charge in [0.2, 0.25) is 0 Å². The average molecular weight is 323 g/mol. The minimum Gasteiger partial charge on any atom is -0.393 e. The Labute approximate surface area is 143 Å². The number of aliphatic hydroxyl groups excluding tert-OH is 2. The van der Waals surface area contributed by atoms with E-state index < -0.39 is 0 Å². The average Bonchev–Trinajstić information content (AvgIpc) is 2.57. The van der Waals surface area contributed by atoms with Crippen molar-refractivity contribution in [1.82, 2.24) is 0 Å². The Morgan fingerprint density at radius 3 is 1.43 bits per heavy atom. The van der Waals surface area contributed by atoms with Crippen LogP contribution in [0, 0.1) is 17.8 Å². The highest BCUT2D eigenvalue weighted by Gasteiger charge is 2.32. The van der Waals surface area contributed by atoms with Crippen molar-refractivity contribution in [2.24, 2.45) is 17.8 Å². The Hall–Kier alpha value is -0.340. The Bertz CT molecular complexity index is 343. The first-order valence-electron chi connectivity index (χ1n) is 10.2. The summed E-state index contributed by atoms with van der Waals surface area (Å²) in [6.45, 7) is 7.00. The van der Waals surface area contributed by atoms with E-state index in [1.54, 1.807) is 11.1 Å². The van der Waals surface area contributed by atoms with Crippen molar-refractivity contribution in [1.29, 1.82) is 0 Å². The summed E-state index contributed by atoms with van der Waals surface area (Å²) in [6.07, 6.45) is 12.1. The van der Waals surface area contributed by atoms with Crippen molar-refractivity contribution in [2.75, 3.05) is 0 Å². The van der Waals surface area contributed by atoms with Gasteiger partial charge in [0.05, 0.1) is 12.2 Å². The molecule has 0 aromatic heterocycles. The molecule has 0 saturated heterocycles. The van der Waals surface area contributed by atoms with E-state index in [0.717, 1.165) is 31.6 Å². The Morgan fingerprint density at radius 1 is 0.739 bits per heavy atom. The van der Waals surface area contributed by atoms with Gasteiger partial charge in [-0.15, -0.1) is 0 Å². The highest BCUT2D eigenvalue weighted by molar-refractivity contribution is 5.23. The van der Waals surface area contributed by atoms with Gasteiger partial charge in [0.15, 0.2) is 0 Å². The lowest BCUT2D eigenvalue weighted by molar-refractivity contribution is 0.0994. The summed E-state index contributed by atoms with van der Waals surface area (Å²) < 4.78 is 0. The molecule has 0 aromatic carbocycles. The molecular weight excluding hydrogens is 284 g/mol. The lowest BCUT2D eigenvalue weighted by Gasteiger charge is -2.38. The van der Waals surface area contributed by atoms with Crippen molar-refractivity contribution in [3.05, 3.63) is 11.1 Å². The molecule has 2 saturated carbocycles. The van der Waals surface area contributed by atoms with Crippen LogP contribution < -0.4 is 0 Å². The van der Waals surface area contributed by atoms with Crippen LogP contribution in [0.4, 0.5) is 0 Å². The third kappa shape index (κ3) is 4.82. The molecule has 2 fully saturated rings. The molecule has 2 heteroatoms. The zero-order chi connectivity index (χ0) is 16.8. The standard InChI is InChI=1S/C21H38O2/c1-4-15(5-2)20(6-3)21(16-7-11-18(22)12-8-16)17-9-13-19(23)14-10-17/h15-19,22-23H,4-14H2,1-3H3. The molecule has 2 rings (SSSR count). The SMILES string of the molecule is CCC(=C(C1CCC(O)CC1)C1CCC(O)CC1)C(CC)CC. The summed E-state index contributed by atoms with van der Waals surface area (Å²) in [5.41, 5.74) is 3.50. The van der Waals surface area contributed by atoms with Crippen LogP contribution in [-0.4, -0.2) is 22.4 Å². The first-order chi connectivity index (χ1) is 11.1. The van der Waals surface area contributed by atoms with Crippen LogP contribution >= 0.6 is 0 Å². The van der Waals surface area contributed by atoms with Crippen LogP contribution in [0.25, 0.3) is 0 Å². The Kier molecular flexibility index (Phi) is 7.62. The number of aliphatic hydroxyl groups is 2. The zero-order valence-corrected chi connectivity index (χ0v) is 15.6. The van der Waals surface area contributed by atoms with E-state index >= 15 is 0 Å². The number of rotatable bonds is 6. The van der Waals surface area contributed by atoms with Gasteiger partial charge in [0.1, 0.15) is 0 Å². The summed E-state index contributed by atoms with van der Waals surface area (Å²) in [5, 5.41) is 19.8. The molecule has 0 radical (unpaired) electrons. The van der Waals surface area contributed by atoms with Crippen molar-refractivity contribution < 1.29 is 10.2 Å². The second-order valence-corrected chi connectivity index (χ2v) is 7.86. The Balaban J connectivity index is 2.29. The van der Waals surface area contributed by atoms with Gasteiger partial charge in [0, 0.05) is 0 Å². The zero-order valence-electron chi connectivity index (χ0n) is 15.6. The molecule has 2 aliphatic rings. The van der Waals surface area contributed by atoms with E-state index in [2.05, 4.69) is 20.8 Å². The minimum absolute atomic E-state index is 0.0705. The van der Waals surface area contributed by atoms with Gasteiger partial charge in [-0.05, 0) is 88.4 Å². The van der Waals surface area contributed by atoms with Gasteiger partial charge in [-0.25, -0.2) is 0 Å². The summed E-state index contributed by atoms with van der Waals surface area (Å²) in [5.74, 6) is 2.11. The second-order valence-electron chi connectivity index (χ2n) is 7.86. The molecule has 2 nitrogen and oxygen atoms in total. The molecule has 0 bridgehead atoms. The van der Waals surface area contributed by atoms with E-state index in [1.165, 1.54) is 44.9 Å². The van der Waals surface area contributed by atoms with Gasteiger partial charge in [0.25, 0.3) is 0 Å². The predicted octanol–water partition coefficient (Wildman–Crippen LogP) is 5.23. The quantitative estimate of drug-likeness (QED) is 0.657. The molecular formula is C21H38O2. The molecule has 0 unspecified atom stereocenters. The monoisotopic (exact) mass is 322 g/mol. The summed E-state index contributed by atoms with van der Waals surface area (Å²) >= 11 is 0. The fourth-order valence-corrected chi connectivity index (χ4v) is 5.14. The summed E-state index contributed by atoms with van der Waals surface area (Å²) in [4.78, 5) is 0. The van der Waals surface area contributed by atoms with Crippen LogP contribution in [0.2, 0.25) is 0 Å². The van der Waals surface area contributed by atoms with Gasteiger partial charge < -0.3 is 10.2 Å². The summed E-state index contributed by atoms with van der Waals surface area (Å²) in [6, 6.07) is 0. The smallest absolute Gasteiger partial charge is 0.0540 e. The third-order valence-electron chi connectivity index (χ3n) is 6.50. The van der Waals surface area contributed by atoms with Crippen LogP contribution in [0.15, 0.2) is 11.1 Å². The van der Waals surface area contributed by atoms with Gasteiger partial charge in [-0.2, -0.15) is 0 Å². The van der Waals surface area contributed by atoms with E-state index in [0.29, 0.717) is 11.8 Å². The fourth-order valence-electron chi connectivity index (χ4n) is 5.14. The van der Waals surface area contributed by atoms with E-state index in [4.69, 9.17) is 0 Å². The topological polar surface area (TPSA) is 40.5 Å². The van der Waals surface area contributed by atoms with Crippen molar-refractivity contribution in [3.8, 4) is 0 Å². The molecule has 0 heterocycles. The Morgan fingerprint density at radius 2 is 1.13 bits per heavy atom. The van der Waals surface area contributed by atoms with Crippen LogP contribution in [0.1, 0.15) is 91.4 Å². The number of allylic oxidation sites excluding steroid dienone is 2. The van der Waals surface area contributed by atoms with Gasteiger partial charge in [-0.1, -0.05) is 31.9 Å². The highest BCUT2D eigenvalue weighted by atomic mass is 16.3. The molecule has 0 spiro atoms. The molecule has 0 aromatic rings. The summed E-state index contributed by atoms with van der Waals surface area (Å²) in [7, 11) is 0. The number of hydrogen-bond acceptors (Lipinski definition) is 2. The maximum Gasteiger partial charge on any atom is 0.0540 e. The molecule has 0 amide bonds. The van der Waals surface area contributed by atoms with Crippen molar-refractivity contribution in [3.63, 3.8) is 0 Å². The van der Waals surface area contributed by atoms with Crippen LogP contribution in [-0.2, 0) is 0 Å². The molecule has 23 heavy (non-hydrogen) atoms. The maximum atomic E-state index is 9.90. The largest absolute Gasteiger partial charge is 0.393 e. The van der Waals surface area contributed by atoms with E-state index in [-0.39, 0.29) is 12.2 Å². The first-order valence-corrected chi connectivity index (χ1v) is 10.2. The van der Waals surface area contributed by atoms with Crippen molar-refractivity contribution >= 4 is 0 Å². The lowest BCUT2D eigenvalue weighted by atomic mass is 9.68. The van der Waals surface area contributed by atoms with Crippen molar-refractivity contribution in [2.45, 2.75) is 104 Å². The second kappa shape index (κ2) is 9.22. The number of hydrogen-bond donors (Lipinski definition) is 2. The maximum absolute atomic E-state index is 9.90. The van der Waals surface area contributed by atoms with Crippen LogP contribution in [0.5, 0.6) is 0 Å². The fraction of sp³-hybridized carbons (Fsp3) is 0.905. The lowest BCUT2D eigenvalue weighted by Crippen LogP contribution is -2.28. The molecule has 0 atom stereocenters. The molecule has 2 aliphatic carbocycles. The molecule has 2 N–H and O–H groups in total. The van der Waals surface area contributed by atoms with E-state index in [1.807, 2.05) is 0 Å². The predicted molar refractivity (Wildman–Crippen MR) is 97.3 cm³/mol. The minimum atomic E-state index is -0.0705. The third-order valence-corrected chi connectivity index (χ3v) is 6.50. The first kappa shape index (κ1) is 19.0. The van der Waals surface area contributed by atoms with Crippen LogP contribution in [0.3, 0.4) is 0 Å². The van der Waals surface area contributed by atoms with Gasteiger partial charge in [-0.3, -0.25) is 0 Å². The normalized spacial score (nSPS) is 32.1. The molecule has 134 valence electrons. The van der Waals surface area contributed by atoms with E-state index in [9.17, 15) is 10.2 Å². The highest BCUT2D eigenvalue weighted by Crippen LogP contribution is 2.44.